The van der Waals surface area contributed by atoms with Gasteiger partial charge >= 0.3 is 0 Å². The van der Waals surface area contributed by atoms with Gasteiger partial charge in [0.1, 0.15) is 5.82 Å². The fourth-order valence-electron chi connectivity index (χ4n) is 1.41. The molecule has 0 saturated heterocycles. The van der Waals surface area contributed by atoms with Gasteiger partial charge in [-0.25, -0.2) is 4.98 Å². The standard InChI is InChI=1S/C11H21N3/c1-5-9(2)8-13-10(3)11-12-6-7-14(11)4/h6-7,9-10,13H,5,8H2,1-4H3. The number of aromatic nitrogens is 2. The summed E-state index contributed by atoms with van der Waals surface area (Å²) in [6.45, 7) is 7.70. The molecule has 0 radical (unpaired) electrons. The monoisotopic (exact) mass is 195 g/mol. The highest BCUT2D eigenvalue weighted by Gasteiger charge is 2.09. The van der Waals surface area contributed by atoms with E-state index in [1.165, 1.54) is 6.42 Å². The second-order valence-corrected chi connectivity index (χ2v) is 4.04. The summed E-state index contributed by atoms with van der Waals surface area (Å²) in [5.41, 5.74) is 0. The topological polar surface area (TPSA) is 29.9 Å². The number of rotatable bonds is 5. The first kappa shape index (κ1) is 11.2. The molecule has 0 aromatic carbocycles. The van der Waals surface area contributed by atoms with Gasteiger partial charge in [0.2, 0.25) is 0 Å². The summed E-state index contributed by atoms with van der Waals surface area (Å²) < 4.78 is 2.06. The minimum absolute atomic E-state index is 0.337. The van der Waals surface area contributed by atoms with Crippen molar-refractivity contribution in [2.75, 3.05) is 6.54 Å². The third kappa shape index (κ3) is 2.84. The molecule has 0 bridgehead atoms. The Balaban J connectivity index is 2.43. The van der Waals surface area contributed by atoms with Crippen molar-refractivity contribution in [3.63, 3.8) is 0 Å². The molecule has 1 aromatic heterocycles. The van der Waals surface area contributed by atoms with Gasteiger partial charge in [-0.1, -0.05) is 20.3 Å². The molecule has 1 N–H and O–H groups in total. The van der Waals surface area contributed by atoms with Crippen molar-refractivity contribution in [3.05, 3.63) is 18.2 Å². The van der Waals surface area contributed by atoms with Gasteiger partial charge in [-0.2, -0.15) is 0 Å². The van der Waals surface area contributed by atoms with E-state index in [9.17, 15) is 0 Å². The summed E-state index contributed by atoms with van der Waals surface area (Å²) in [5, 5.41) is 3.49. The van der Waals surface area contributed by atoms with E-state index >= 15 is 0 Å². The van der Waals surface area contributed by atoms with E-state index in [4.69, 9.17) is 0 Å². The van der Waals surface area contributed by atoms with Crippen molar-refractivity contribution < 1.29 is 0 Å². The Morgan fingerprint density at radius 1 is 1.50 bits per heavy atom. The third-order valence-corrected chi connectivity index (χ3v) is 2.72. The van der Waals surface area contributed by atoms with Gasteiger partial charge in [0, 0.05) is 19.4 Å². The quantitative estimate of drug-likeness (QED) is 0.780. The first-order valence-corrected chi connectivity index (χ1v) is 5.35. The summed E-state index contributed by atoms with van der Waals surface area (Å²) >= 11 is 0. The molecule has 3 heteroatoms. The molecule has 80 valence electrons. The normalized spacial score (nSPS) is 15.4. The number of imidazole rings is 1. The van der Waals surface area contributed by atoms with Crippen molar-refractivity contribution in [1.29, 1.82) is 0 Å². The zero-order valence-corrected chi connectivity index (χ0v) is 9.62. The molecule has 3 nitrogen and oxygen atoms in total. The molecule has 0 aliphatic heterocycles. The number of nitrogens with zero attached hydrogens (tertiary/aromatic N) is 2. The number of hydrogen-bond acceptors (Lipinski definition) is 2. The fourth-order valence-corrected chi connectivity index (χ4v) is 1.41. The highest BCUT2D eigenvalue weighted by atomic mass is 15.1. The van der Waals surface area contributed by atoms with Gasteiger partial charge in [0.25, 0.3) is 0 Å². The van der Waals surface area contributed by atoms with Gasteiger partial charge in [0.15, 0.2) is 0 Å². The molecule has 0 aliphatic carbocycles. The predicted octanol–water partition coefficient (Wildman–Crippen LogP) is 2.12. The molecule has 0 aliphatic rings. The molecule has 2 atom stereocenters. The lowest BCUT2D eigenvalue weighted by molar-refractivity contribution is 0.445. The van der Waals surface area contributed by atoms with Crippen LogP contribution in [0.3, 0.4) is 0 Å². The van der Waals surface area contributed by atoms with Gasteiger partial charge in [-0.3, -0.25) is 0 Å². The summed E-state index contributed by atoms with van der Waals surface area (Å²) in [5.74, 6) is 1.84. The van der Waals surface area contributed by atoms with E-state index in [1.54, 1.807) is 0 Å². The molecule has 0 spiro atoms. The summed E-state index contributed by atoms with van der Waals surface area (Å²) in [7, 11) is 2.03. The third-order valence-electron chi connectivity index (χ3n) is 2.72. The zero-order valence-electron chi connectivity index (χ0n) is 9.62. The Morgan fingerprint density at radius 3 is 2.71 bits per heavy atom. The van der Waals surface area contributed by atoms with Crippen LogP contribution in [-0.4, -0.2) is 16.1 Å². The minimum atomic E-state index is 0.337. The maximum atomic E-state index is 4.32. The molecule has 0 amide bonds. The molecular weight excluding hydrogens is 174 g/mol. The lowest BCUT2D eigenvalue weighted by Crippen LogP contribution is -2.26. The Kier molecular flexibility index (Phi) is 4.14. The van der Waals surface area contributed by atoms with Crippen LogP contribution in [0.4, 0.5) is 0 Å². The van der Waals surface area contributed by atoms with Crippen LogP contribution in [0.15, 0.2) is 12.4 Å². The van der Waals surface area contributed by atoms with Crippen molar-refractivity contribution in [3.8, 4) is 0 Å². The molecule has 14 heavy (non-hydrogen) atoms. The van der Waals surface area contributed by atoms with E-state index in [0.29, 0.717) is 6.04 Å². The Morgan fingerprint density at radius 2 is 2.21 bits per heavy atom. The number of aryl methyl sites for hydroxylation is 1. The van der Waals surface area contributed by atoms with Crippen LogP contribution in [0.25, 0.3) is 0 Å². The molecule has 1 rings (SSSR count). The van der Waals surface area contributed by atoms with Crippen molar-refractivity contribution >= 4 is 0 Å². The zero-order chi connectivity index (χ0) is 10.6. The number of nitrogens with one attached hydrogen (secondary N) is 1. The first-order valence-electron chi connectivity index (χ1n) is 5.35. The number of hydrogen-bond donors (Lipinski definition) is 1. The van der Waals surface area contributed by atoms with Gasteiger partial charge < -0.3 is 9.88 Å². The van der Waals surface area contributed by atoms with Crippen LogP contribution in [-0.2, 0) is 7.05 Å². The highest BCUT2D eigenvalue weighted by molar-refractivity contribution is 4.96. The van der Waals surface area contributed by atoms with Crippen LogP contribution in [0, 0.1) is 5.92 Å². The Hall–Kier alpha value is -0.830. The largest absolute Gasteiger partial charge is 0.337 e. The average molecular weight is 195 g/mol. The molecule has 0 fully saturated rings. The molecule has 2 unspecified atom stereocenters. The lowest BCUT2D eigenvalue weighted by Gasteiger charge is -2.16. The van der Waals surface area contributed by atoms with Crippen molar-refractivity contribution in [1.82, 2.24) is 14.9 Å². The van der Waals surface area contributed by atoms with Crippen LogP contribution >= 0.6 is 0 Å². The Labute approximate surface area is 86.5 Å². The SMILES string of the molecule is CCC(C)CNC(C)c1nccn1C. The molecule has 1 aromatic rings. The smallest absolute Gasteiger partial charge is 0.125 e. The van der Waals surface area contributed by atoms with Crippen LogP contribution in [0.5, 0.6) is 0 Å². The van der Waals surface area contributed by atoms with E-state index in [-0.39, 0.29) is 0 Å². The second kappa shape index (κ2) is 5.15. The Bertz CT molecular complexity index is 267. The van der Waals surface area contributed by atoms with Crippen molar-refractivity contribution in [2.24, 2.45) is 13.0 Å². The molecular formula is C11H21N3. The lowest BCUT2D eigenvalue weighted by atomic mass is 10.1. The van der Waals surface area contributed by atoms with Crippen LogP contribution in [0.2, 0.25) is 0 Å². The van der Waals surface area contributed by atoms with E-state index < -0.39 is 0 Å². The summed E-state index contributed by atoms with van der Waals surface area (Å²) in [6, 6.07) is 0.337. The van der Waals surface area contributed by atoms with Crippen LogP contribution in [0.1, 0.15) is 39.1 Å². The molecule has 0 saturated carbocycles. The van der Waals surface area contributed by atoms with Crippen molar-refractivity contribution in [2.45, 2.75) is 33.2 Å². The maximum absolute atomic E-state index is 4.32. The predicted molar refractivity (Wildman–Crippen MR) is 59.1 cm³/mol. The second-order valence-electron chi connectivity index (χ2n) is 4.04. The maximum Gasteiger partial charge on any atom is 0.125 e. The first-order chi connectivity index (χ1) is 6.65. The molecule has 1 heterocycles. The van der Waals surface area contributed by atoms with E-state index in [1.807, 2.05) is 19.4 Å². The average Bonchev–Trinajstić information content (AvgIpc) is 2.60. The summed E-state index contributed by atoms with van der Waals surface area (Å²) in [6.07, 6.45) is 5.05. The highest BCUT2D eigenvalue weighted by Crippen LogP contribution is 2.09. The fraction of sp³-hybridized carbons (Fsp3) is 0.727. The van der Waals surface area contributed by atoms with Gasteiger partial charge in [-0.05, 0) is 19.4 Å². The van der Waals surface area contributed by atoms with E-state index in [0.717, 1.165) is 18.3 Å². The summed E-state index contributed by atoms with van der Waals surface area (Å²) in [4.78, 5) is 4.32. The van der Waals surface area contributed by atoms with E-state index in [2.05, 4.69) is 35.6 Å². The van der Waals surface area contributed by atoms with Crippen LogP contribution < -0.4 is 5.32 Å². The van der Waals surface area contributed by atoms with Gasteiger partial charge in [0.05, 0.1) is 6.04 Å². The minimum Gasteiger partial charge on any atom is -0.337 e. The van der Waals surface area contributed by atoms with Gasteiger partial charge in [-0.15, -0.1) is 0 Å².